The number of morpholine rings is 1. The van der Waals surface area contributed by atoms with Gasteiger partial charge >= 0.3 is 0 Å². The standard InChI is InChI=1S/C23H24N2O2/c26-23(22-13-24-12-18-8-4-5-9-21(18)22)10-19-15-27-16-20(11-23)25(19)14-17-6-2-1-3-7-17/h1-9,12-13,19-20,26H,10-11,14-16H2. The van der Waals surface area contributed by atoms with Crippen LogP contribution in [0.5, 0.6) is 0 Å². The van der Waals surface area contributed by atoms with E-state index in [4.69, 9.17) is 4.74 Å². The molecule has 2 aliphatic rings. The minimum atomic E-state index is -0.861. The molecule has 2 aromatic carbocycles. The summed E-state index contributed by atoms with van der Waals surface area (Å²) in [6.45, 7) is 2.25. The van der Waals surface area contributed by atoms with Gasteiger partial charge in [-0.05, 0) is 23.8 Å². The van der Waals surface area contributed by atoms with Crippen LogP contribution in [0.25, 0.3) is 10.8 Å². The third-order valence-corrected chi connectivity index (χ3v) is 6.08. The first-order valence-corrected chi connectivity index (χ1v) is 9.66. The lowest BCUT2D eigenvalue weighted by molar-refractivity contribution is -0.149. The molecule has 138 valence electrons. The van der Waals surface area contributed by atoms with Gasteiger partial charge in [0.15, 0.2) is 0 Å². The summed E-state index contributed by atoms with van der Waals surface area (Å²) in [5, 5.41) is 13.9. The quantitative estimate of drug-likeness (QED) is 0.777. The van der Waals surface area contributed by atoms with Crippen LogP contribution in [0.3, 0.4) is 0 Å². The number of rotatable bonds is 3. The molecule has 3 heterocycles. The van der Waals surface area contributed by atoms with Crippen LogP contribution in [0.2, 0.25) is 0 Å². The highest BCUT2D eigenvalue weighted by Gasteiger charge is 2.47. The first-order chi connectivity index (χ1) is 13.2. The molecular formula is C23H24N2O2. The minimum Gasteiger partial charge on any atom is -0.385 e. The van der Waals surface area contributed by atoms with Gasteiger partial charge in [0.05, 0.1) is 18.8 Å². The first-order valence-electron chi connectivity index (χ1n) is 9.66. The smallest absolute Gasteiger partial charge is 0.0948 e. The molecule has 2 atom stereocenters. The summed E-state index contributed by atoms with van der Waals surface area (Å²) < 4.78 is 5.85. The van der Waals surface area contributed by atoms with E-state index in [2.05, 4.69) is 52.3 Å². The summed E-state index contributed by atoms with van der Waals surface area (Å²) in [6, 6.07) is 19.2. The molecule has 0 spiro atoms. The van der Waals surface area contributed by atoms with Crippen LogP contribution < -0.4 is 0 Å². The number of piperidine rings is 1. The second kappa shape index (κ2) is 6.71. The Morgan fingerprint density at radius 2 is 1.67 bits per heavy atom. The van der Waals surface area contributed by atoms with Crippen molar-refractivity contribution in [2.45, 2.75) is 37.1 Å². The maximum Gasteiger partial charge on any atom is 0.0948 e. The monoisotopic (exact) mass is 360 g/mol. The van der Waals surface area contributed by atoms with Crippen molar-refractivity contribution in [2.24, 2.45) is 0 Å². The van der Waals surface area contributed by atoms with E-state index in [1.54, 1.807) is 0 Å². The molecule has 5 rings (SSSR count). The van der Waals surface area contributed by atoms with Crippen LogP contribution in [0.15, 0.2) is 67.0 Å². The van der Waals surface area contributed by atoms with Crippen molar-refractivity contribution in [3.8, 4) is 0 Å². The molecule has 1 N–H and O–H groups in total. The van der Waals surface area contributed by atoms with E-state index >= 15 is 0 Å². The lowest BCUT2D eigenvalue weighted by Gasteiger charge is -2.52. The Balaban J connectivity index is 1.48. The van der Waals surface area contributed by atoms with Crippen molar-refractivity contribution in [1.29, 1.82) is 0 Å². The summed E-state index contributed by atoms with van der Waals surface area (Å²) >= 11 is 0. The number of hydrogen-bond acceptors (Lipinski definition) is 4. The molecule has 4 heteroatoms. The van der Waals surface area contributed by atoms with E-state index in [-0.39, 0.29) is 12.1 Å². The summed E-state index contributed by atoms with van der Waals surface area (Å²) in [7, 11) is 0. The zero-order chi connectivity index (χ0) is 18.3. The van der Waals surface area contributed by atoms with Crippen LogP contribution in [-0.4, -0.2) is 40.3 Å². The highest BCUT2D eigenvalue weighted by molar-refractivity contribution is 5.85. The third-order valence-electron chi connectivity index (χ3n) is 6.08. The molecular weight excluding hydrogens is 336 g/mol. The molecule has 3 aromatic rings. The molecule has 2 bridgehead atoms. The number of benzene rings is 2. The second-order valence-electron chi connectivity index (χ2n) is 7.85. The average molecular weight is 360 g/mol. The van der Waals surface area contributed by atoms with Crippen LogP contribution >= 0.6 is 0 Å². The Morgan fingerprint density at radius 1 is 0.963 bits per heavy atom. The van der Waals surface area contributed by atoms with Crippen LogP contribution in [0.1, 0.15) is 24.0 Å². The fourth-order valence-electron chi connectivity index (χ4n) is 4.80. The number of aromatic nitrogens is 1. The van der Waals surface area contributed by atoms with Crippen molar-refractivity contribution in [3.63, 3.8) is 0 Å². The van der Waals surface area contributed by atoms with Gasteiger partial charge in [-0.25, -0.2) is 0 Å². The van der Waals surface area contributed by atoms with E-state index < -0.39 is 5.60 Å². The predicted octanol–water partition coefficient (Wildman–Crippen LogP) is 3.49. The molecule has 2 aliphatic heterocycles. The molecule has 1 aromatic heterocycles. The Kier molecular flexibility index (Phi) is 4.20. The zero-order valence-electron chi connectivity index (χ0n) is 15.3. The number of nitrogens with zero attached hydrogens (tertiary/aromatic N) is 2. The molecule has 0 aliphatic carbocycles. The molecule has 2 saturated heterocycles. The first kappa shape index (κ1) is 16.9. The number of hydrogen-bond donors (Lipinski definition) is 1. The maximum absolute atomic E-state index is 11.7. The van der Waals surface area contributed by atoms with E-state index in [0.717, 1.165) is 22.9 Å². The van der Waals surface area contributed by atoms with Crippen LogP contribution in [0, 0.1) is 0 Å². The molecule has 4 nitrogen and oxygen atoms in total. The van der Waals surface area contributed by atoms with Crippen molar-refractivity contribution < 1.29 is 9.84 Å². The average Bonchev–Trinajstić information content (AvgIpc) is 2.69. The summed E-state index contributed by atoms with van der Waals surface area (Å²) in [6.07, 6.45) is 5.07. The van der Waals surface area contributed by atoms with E-state index in [1.807, 2.05) is 24.5 Å². The fourth-order valence-corrected chi connectivity index (χ4v) is 4.80. The third kappa shape index (κ3) is 3.04. The van der Waals surface area contributed by atoms with Gasteiger partial charge < -0.3 is 9.84 Å². The van der Waals surface area contributed by atoms with Crippen LogP contribution in [-0.2, 0) is 16.9 Å². The van der Waals surface area contributed by atoms with Gasteiger partial charge in [0, 0.05) is 42.0 Å². The van der Waals surface area contributed by atoms with Gasteiger partial charge in [0.25, 0.3) is 0 Å². The van der Waals surface area contributed by atoms with E-state index in [9.17, 15) is 5.11 Å². The second-order valence-corrected chi connectivity index (χ2v) is 7.85. The van der Waals surface area contributed by atoms with Crippen LogP contribution in [0.4, 0.5) is 0 Å². The summed E-state index contributed by atoms with van der Waals surface area (Å²) in [5.41, 5.74) is 1.41. The number of fused-ring (bicyclic) bond motifs is 3. The molecule has 2 unspecified atom stereocenters. The topological polar surface area (TPSA) is 45.6 Å². The molecule has 0 saturated carbocycles. The highest BCUT2D eigenvalue weighted by atomic mass is 16.5. The fraction of sp³-hybridized carbons (Fsp3) is 0.348. The molecule has 0 amide bonds. The van der Waals surface area contributed by atoms with E-state index in [0.29, 0.717) is 26.1 Å². The normalized spacial score (nSPS) is 28.3. The van der Waals surface area contributed by atoms with Crippen molar-refractivity contribution in [1.82, 2.24) is 9.88 Å². The zero-order valence-corrected chi connectivity index (χ0v) is 15.3. The number of pyridine rings is 1. The molecule has 27 heavy (non-hydrogen) atoms. The predicted molar refractivity (Wildman–Crippen MR) is 105 cm³/mol. The minimum absolute atomic E-state index is 0.210. The van der Waals surface area contributed by atoms with Gasteiger partial charge in [-0.3, -0.25) is 9.88 Å². The molecule has 0 radical (unpaired) electrons. The lowest BCUT2D eigenvalue weighted by atomic mass is 9.76. The van der Waals surface area contributed by atoms with Gasteiger partial charge in [-0.2, -0.15) is 0 Å². The summed E-state index contributed by atoms with van der Waals surface area (Å²) in [4.78, 5) is 6.93. The Bertz CT molecular complexity index is 924. The van der Waals surface area contributed by atoms with Crippen molar-refractivity contribution in [2.75, 3.05) is 13.2 Å². The Hall–Kier alpha value is -2.27. The SMILES string of the molecule is OC1(c2cncc3ccccc23)CC2COCC(C1)N2Cc1ccccc1. The van der Waals surface area contributed by atoms with Gasteiger partial charge in [0.1, 0.15) is 0 Å². The van der Waals surface area contributed by atoms with Crippen molar-refractivity contribution >= 4 is 10.8 Å². The van der Waals surface area contributed by atoms with Gasteiger partial charge in [-0.15, -0.1) is 0 Å². The lowest BCUT2D eigenvalue weighted by Crippen LogP contribution is -2.60. The number of aliphatic hydroxyl groups is 1. The largest absolute Gasteiger partial charge is 0.385 e. The maximum atomic E-state index is 11.7. The Labute approximate surface area is 159 Å². The van der Waals surface area contributed by atoms with Crippen molar-refractivity contribution in [3.05, 3.63) is 78.1 Å². The van der Waals surface area contributed by atoms with Gasteiger partial charge in [0.2, 0.25) is 0 Å². The molecule has 2 fully saturated rings. The van der Waals surface area contributed by atoms with Gasteiger partial charge in [-0.1, -0.05) is 54.6 Å². The highest BCUT2D eigenvalue weighted by Crippen LogP contribution is 2.43. The Morgan fingerprint density at radius 3 is 2.44 bits per heavy atom. The summed E-state index contributed by atoms with van der Waals surface area (Å²) in [5.74, 6) is 0. The number of ether oxygens (including phenoxy) is 1. The van der Waals surface area contributed by atoms with E-state index in [1.165, 1.54) is 5.56 Å².